The number of nitrogens with zero attached hydrogens (tertiary/aromatic N) is 5. The van der Waals surface area contributed by atoms with E-state index in [9.17, 15) is 9.59 Å². The number of nitrogens with one attached hydrogen (secondary N) is 2. The third-order valence-corrected chi connectivity index (χ3v) is 8.32. The van der Waals surface area contributed by atoms with Crippen molar-refractivity contribution in [2.45, 2.75) is 71.5 Å². The fourth-order valence-electron chi connectivity index (χ4n) is 5.44. The molecule has 2 amide bonds. The van der Waals surface area contributed by atoms with Crippen molar-refractivity contribution in [3.63, 3.8) is 0 Å². The Labute approximate surface area is 294 Å². The summed E-state index contributed by atoms with van der Waals surface area (Å²) in [5.41, 5.74) is 9.28. The number of aromatic nitrogens is 4. The van der Waals surface area contributed by atoms with E-state index in [0.29, 0.717) is 95.8 Å². The molecule has 2 heterocycles. The van der Waals surface area contributed by atoms with Crippen LogP contribution in [0.2, 0.25) is 0 Å². The first kappa shape index (κ1) is 38.7. The number of unbranched alkanes of at least 4 members (excludes halogenated alkanes) is 1. The number of fused-ring (bicyclic) bond motifs is 1. The molecular formula is C35H54N8O7. The standard InChI is InChI=1S/C35H54N8O7/c1-4-5-12-38-34-33-30(39-35(36)40-34)25-42(41-33)24-28-10-9-27(22-31(28)46-3)23-43(29-7-6-8-29)32(45)11-14-47-16-18-49-20-21-50-19-17-48-15-13-37-26(2)44/h9-10,22,25,29H,4-8,11-21,23-24H2,1-3H3,(H,37,44)(H3,36,38,39,40). The number of nitrogen functional groups attached to an aromatic ring is 1. The molecule has 0 unspecified atom stereocenters. The summed E-state index contributed by atoms with van der Waals surface area (Å²) in [7, 11) is 1.65. The van der Waals surface area contributed by atoms with Gasteiger partial charge < -0.3 is 45.0 Å². The van der Waals surface area contributed by atoms with Crippen LogP contribution in [0.25, 0.3) is 11.0 Å². The number of carbonyl (C=O) groups is 2. The summed E-state index contributed by atoms with van der Waals surface area (Å²) >= 11 is 0. The minimum atomic E-state index is -0.0711. The summed E-state index contributed by atoms with van der Waals surface area (Å²) in [5.74, 6) is 1.59. The van der Waals surface area contributed by atoms with Gasteiger partial charge in [-0.3, -0.25) is 14.3 Å². The van der Waals surface area contributed by atoms with E-state index >= 15 is 0 Å². The lowest BCUT2D eigenvalue weighted by Crippen LogP contribution is -2.44. The molecule has 2 aromatic heterocycles. The quantitative estimate of drug-likeness (QED) is 0.110. The summed E-state index contributed by atoms with van der Waals surface area (Å²) < 4.78 is 29.7. The molecule has 15 heteroatoms. The number of amides is 2. The van der Waals surface area contributed by atoms with Crippen LogP contribution in [0.1, 0.15) is 63.5 Å². The molecule has 276 valence electrons. The zero-order chi connectivity index (χ0) is 35.6. The van der Waals surface area contributed by atoms with Crippen LogP contribution in [0.15, 0.2) is 24.4 Å². The Hall–Kier alpha value is -4.05. The van der Waals surface area contributed by atoms with Crippen molar-refractivity contribution in [2.75, 3.05) is 84.1 Å². The summed E-state index contributed by atoms with van der Waals surface area (Å²) in [6, 6.07) is 6.33. The molecule has 0 bridgehead atoms. The number of benzene rings is 1. The Kier molecular flexibility index (Phi) is 16.5. The van der Waals surface area contributed by atoms with E-state index in [1.165, 1.54) is 6.92 Å². The second-order valence-electron chi connectivity index (χ2n) is 12.2. The number of nitrogens with two attached hydrogens (primary N) is 1. The average Bonchev–Trinajstić information content (AvgIpc) is 3.48. The van der Waals surface area contributed by atoms with Crippen LogP contribution in [0.4, 0.5) is 11.8 Å². The van der Waals surface area contributed by atoms with Gasteiger partial charge >= 0.3 is 0 Å². The van der Waals surface area contributed by atoms with Crippen molar-refractivity contribution in [2.24, 2.45) is 0 Å². The molecule has 1 saturated carbocycles. The number of anilines is 2. The Bertz CT molecular complexity index is 1480. The summed E-state index contributed by atoms with van der Waals surface area (Å²) in [6.07, 6.45) is 7.41. The van der Waals surface area contributed by atoms with E-state index in [2.05, 4.69) is 33.6 Å². The van der Waals surface area contributed by atoms with Gasteiger partial charge in [0.1, 0.15) is 11.3 Å². The van der Waals surface area contributed by atoms with Crippen molar-refractivity contribution in [1.29, 1.82) is 0 Å². The third-order valence-electron chi connectivity index (χ3n) is 8.32. The molecule has 1 aliphatic carbocycles. The molecule has 3 aromatic rings. The van der Waals surface area contributed by atoms with Crippen molar-refractivity contribution in [3.8, 4) is 5.75 Å². The van der Waals surface area contributed by atoms with Crippen LogP contribution in [-0.4, -0.2) is 116 Å². The summed E-state index contributed by atoms with van der Waals surface area (Å²) in [4.78, 5) is 34.8. The molecule has 0 radical (unpaired) electrons. The Morgan fingerprint density at radius 3 is 2.32 bits per heavy atom. The molecule has 15 nitrogen and oxygen atoms in total. The lowest BCUT2D eigenvalue weighted by Gasteiger charge is -2.38. The highest BCUT2D eigenvalue weighted by Gasteiger charge is 2.29. The third kappa shape index (κ3) is 12.7. The van der Waals surface area contributed by atoms with Crippen LogP contribution in [0, 0.1) is 0 Å². The van der Waals surface area contributed by atoms with Crippen molar-refractivity contribution < 1.29 is 33.3 Å². The number of hydrogen-bond acceptors (Lipinski definition) is 12. The first-order chi connectivity index (χ1) is 24.4. The molecule has 1 aliphatic rings. The Morgan fingerprint density at radius 2 is 1.68 bits per heavy atom. The van der Waals surface area contributed by atoms with Gasteiger partial charge in [-0.25, -0.2) is 4.98 Å². The zero-order valence-corrected chi connectivity index (χ0v) is 29.8. The lowest BCUT2D eigenvalue weighted by molar-refractivity contribution is -0.137. The average molecular weight is 699 g/mol. The summed E-state index contributed by atoms with van der Waals surface area (Å²) in [5, 5.41) is 10.7. The molecule has 4 rings (SSSR count). The van der Waals surface area contributed by atoms with Crippen molar-refractivity contribution in [1.82, 2.24) is 30.0 Å². The molecule has 0 spiro atoms. The lowest BCUT2D eigenvalue weighted by atomic mass is 9.90. The molecule has 4 N–H and O–H groups in total. The van der Waals surface area contributed by atoms with Gasteiger partial charge in [0.25, 0.3) is 0 Å². The zero-order valence-electron chi connectivity index (χ0n) is 29.8. The molecule has 1 fully saturated rings. The van der Waals surface area contributed by atoms with E-state index in [1.807, 2.05) is 27.9 Å². The molecule has 0 aliphatic heterocycles. The highest BCUT2D eigenvalue weighted by molar-refractivity contribution is 5.85. The van der Waals surface area contributed by atoms with Gasteiger partial charge in [0, 0.05) is 38.2 Å². The smallest absolute Gasteiger partial charge is 0.225 e. The molecule has 0 saturated heterocycles. The molecule has 0 atom stereocenters. The van der Waals surface area contributed by atoms with Crippen molar-refractivity contribution in [3.05, 3.63) is 35.5 Å². The van der Waals surface area contributed by atoms with Gasteiger partial charge in [-0.1, -0.05) is 25.5 Å². The Balaban J connectivity index is 1.19. The normalized spacial score (nSPS) is 12.9. The van der Waals surface area contributed by atoms with Crippen LogP contribution >= 0.6 is 0 Å². The molecule has 50 heavy (non-hydrogen) atoms. The number of methoxy groups -OCH3 is 1. The van der Waals surface area contributed by atoms with Crippen molar-refractivity contribution >= 4 is 34.6 Å². The topological polar surface area (TPSA) is 177 Å². The maximum absolute atomic E-state index is 13.3. The fourth-order valence-corrected chi connectivity index (χ4v) is 5.44. The number of ether oxygens (including phenoxy) is 5. The molecular weight excluding hydrogens is 644 g/mol. The van der Waals surface area contributed by atoms with Gasteiger partial charge in [0.2, 0.25) is 17.8 Å². The fraction of sp³-hybridized carbons (Fsp3) is 0.629. The first-order valence-corrected chi connectivity index (χ1v) is 17.6. The van der Waals surface area contributed by atoms with E-state index in [1.54, 1.807) is 7.11 Å². The van der Waals surface area contributed by atoms with Gasteiger partial charge in [-0.15, -0.1) is 0 Å². The second kappa shape index (κ2) is 21.2. The van der Waals surface area contributed by atoms with Gasteiger partial charge in [0.15, 0.2) is 11.3 Å². The minimum absolute atomic E-state index is 0.0711. The van der Waals surface area contributed by atoms with Crippen LogP contribution in [0.3, 0.4) is 0 Å². The van der Waals surface area contributed by atoms with E-state index in [0.717, 1.165) is 55.5 Å². The van der Waals surface area contributed by atoms with Crippen LogP contribution in [0.5, 0.6) is 5.75 Å². The van der Waals surface area contributed by atoms with E-state index in [4.69, 9.17) is 34.5 Å². The maximum atomic E-state index is 13.3. The van der Waals surface area contributed by atoms with Crippen LogP contribution in [-0.2, 0) is 41.6 Å². The number of rotatable bonds is 25. The predicted molar refractivity (Wildman–Crippen MR) is 190 cm³/mol. The van der Waals surface area contributed by atoms with Crippen LogP contribution < -0.4 is 21.1 Å². The highest BCUT2D eigenvalue weighted by Crippen LogP contribution is 2.29. The first-order valence-electron chi connectivity index (χ1n) is 17.6. The van der Waals surface area contributed by atoms with E-state index in [-0.39, 0.29) is 23.8 Å². The van der Waals surface area contributed by atoms with Gasteiger partial charge in [-0.2, -0.15) is 10.1 Å². The predicted octanol–water partition coefficient (Wildman–Crippen LogP) is 3.15. The number of carbonyl (C=O) groups excluding carboxylic acids is 2. The largest absolute Gasteiger partial charge is 0.496 e. The number of hydrogen-bond donors (Lipinski definition) is 3. The summed E-state index contributed by atoms with van der Waals surface area (Å²) in [6.45, 7) is 9.33. The van der Waals surface area contributed by atoms with Gasteiger partial charge in [-0.05, 0) is 37.3 Å². The minimum Gasteiger partial charge on any atom is -0.496 e. The van der Waals surface area contributed by atoms with E-state index < -0.39 is 0 Å². The second-order valence-corrected chi connectivity index (χ2v) is 12.2. The monoisotopic (exact) mass is 698 g/mol. The highest BCUT2D eigenvalue weighted by atomic mass is 16.6. The van der Waals surface area contributed by atoms with Gasteiger partial charge in [0.05, 0.1) is 79.1 Å². The maximum Gasteiger partial charge on any atom is 0.225 e. The Morgan fingerprint density at radius 1 is 0.980 bits per heavy atom. The SMILES string of the molecule is CCCCNc1nc(N)nc2cn(Cc3ccc(CN(C(=O)CCOCCOCCOCCOCCNC(C)=O)C4CCC4)cc3OC)nc12. The molecule has 1 aromatic carbocycles.